The zero-order valence-corrected chi connectivity index (χ0v) is 12.2. The lowest BCUT2D eigenvalue weighted by molar-refractivity contribution is 0.486. The molecule has 0 aromatic heterocycles. The minimum Gasteiger partial charge on any atom is -0.123 e. The molecule has 0 aliphatic carbocycles. The fraction of sp³-hybridized carbons (Fsp3) is 1.00. The second-order valence-electron chi connectivity index (χ2n) is 3.38. The van der Waals surface area contributed by atoms with E-state index in [1.165, 1.54) is 0 Å². The van der Waals surface area contributed by atoms with Crippen molar-refractivity contribution in [1.82, 2.24) is 0 Å². The van der Waals surface area contributed by atoms with Crippen molar-refractivity contribution < 1.29 is 0 Å². The second-order valence-corrected chi connectivity index (χ2v) is 7.79. The zero-order chi connectivity index (χ0) is 11.4. The molecular formula is C8H12Cl6. The van der Waals surface area contributed by atoms with Crippen LogP contribution in [0.5, 0.6) is 0 Å². The fourth-order valence-electron chi connectivity index (χ4n) is 1.17. The van der Waals surface area contributed by atoms with E-state index >= 15 is 0 Å². The number of rotatable bonds is 5. The highest BCUT2D eigenvalue weighted by Gasteiger charge is 2.25. The third-order valence-corrected chi connectivity index (χ3v) is 2.84. The van der Waals surface area contributed by atoms with Gasteiger partial charge >= 0.3 is 0 Å². The number of alkyl halides is 6. The van der Waals surface area contributed by atoms with Gasteiger partial charge in [-0.05, 0) is 18.8 Å². The van der Waals surface area contributed by atoms with Crippen molar-refractivity contribution in [1.29, 1.82) is 0 Å². The minimum absolute atomic E-state index is 0.162. The van der Waals surface area contributed by atoms with Crippen LogP contribution in [-0.2, 0) is 0 Å². The van der Waals surface area contributed by atoms with Gasteiger partial charge in [-0.15, -0.1) is 34.8 Å². The molecule has 0 radical (unpaired) electrons. The molecule has 0 nitrogen and oxygen atoms in total. The molecule has 0 N–H and O–H groups in total. The van der Waals surface area contributed by atoms with E-state index in [9.17, 15) is 0 Å². The van der Waals surface area contributed by atoms with Gasteiger partial charge < -0.3 is 0 Å². The van der Waals surface area contributed by atoms with Crippen LogP contribution in [0.2, 0.25) is 0 Å². The van der Waals surface area contributed by atoms with Gasteiger partial charge in [0, 0.05) is 11.8 Å². The van der Waals surface area contributed by atoms with Gasteiger partial charge in [0.25, 0.3) is 0 Å². The van der Waals surface area contributed by atoms with Gasteiger partial charge in [-0.2, -0.15) is 0 Å². The molecule has 0 saturated heterocycles. The van der Waals surface area contributed by atoms with E-state index in [2.05, 4.69) is 0 Å². The van der Waals surface area contributed by atoms with Crippen molar-refractivity contribution in [3.8, 4) is 0 Å². The maximum absolute atomic E-state index is 6.00. The van der Waals surface area contributed by atoms with E-state index in [0.29, 0.717) is 18.8 Å². The molecule has 0 aromatic rings. The van der Waals surface area contributed by atoms with E-state index in [4.69, 9.17) is 69.6 Å². The highest BCUT2D eigenvalue weighted by Crippen LogP contribution is 2.35. The predicted octanol–water partition coefficient (Wildman–Crippen LogP) is 5.57. The van der Waals surface area contributed by atoms with Crippen molar-refractivity contribution in [2.24, 2.45) is 5.92 Å². The summed E-state index contributed by atoms with van der Waals surface area (Å²) in [6.07, 6.45) is 1.77. The molecule has 0 saturated carbocycles. The van der Waals surface area contributed by atoms with Gasteiger partial charge in [-0.1, -0.05) is 41.7 Å². The summed E-state index contributed by atoms with van der Waals surface area (Å²) in [5, 5.41) is -0.162. The van der Waals surface area contributed by atoms with Crippen LogP contribution in [-0.4, -0.2) is 14.0 Å². The van der Waals surface area contributed by atoms with Crippen molar-refractivity contribution in [3.63, 3.8) is 0 Å². The third kappa shape index (κ3) is 10.3. The summed E-state index contributed by atoms with van der Waals surface area (Å²) in [6.45, 7) is 2.02. The summed E-state index contributed by atoms with van der Waals surface area (Å²) < 4.78 is -1.28. The first-order valence-corrected chi connectivity index (χ1v) is 6.64. The molecule has 2 unspecified atom stereocenters. The van der Waals surface area contributed by atoms with E-state index in [1.54, 1.807) is 0 Å². The van der Waals surface area contributed by atoms with Crippen LogP contribution in [0, 0.1) is 5.92 Å². The molecule has 6 heteroatoms. The van der Waals surface area contributed by atoms with Crippen molar-refractivity contribution in [2.45, 2.75) is 40.2 Å². The van der Waals surface area contributed by atoms with Crippen LogP contribution in [0.4, 0.5) is 0 Å². The topological polar surface area (TPSA) is 0 Å². The molecule has 2 atom stereocenters. The molecule has 86 valence electrons. The lowest BCUT2D eigenvalue weighted by atomic mass is 10.0. The Bertz CT molecular complexity index is 152. The van der Waals surface area contributed by atoms with E-state index < -0.39 is 3.79 Å². The summed E-state index contributed by atoms with van der Waals surface area (Å²) in [6, 6.07) is 0. The van der Waals surface area contributed by atoms with Crippen LogP contribution >= 0.6 is 69.6 Å². The monoisotopic (exact) mass is 318 g/mol. The molecule has 0 fully saturated rings. The zero-order valence-electron chi connectivity index (χ0n) is 7.62. The van der Waals surface area contributed by atoms with Crippen LogP contribution in [0.25, 0.3) is 0 Å². The van der Waals surface area contributed by atoms with Gasteiger partial charge in [0.1, 0.15) is 4.84 Å². The number of hydrogen-bond acceptors (Lipinski definition) is 0. The van der Waals surface area contributed by atoms with Crippen molar-refractivity contribution >= 4 is 69.6 Å². The Kier molecular flexibility index (Phi) is 8.03. The van der Waals surface area contributed by atoms with Crippen LogP contribution in [0.1, 0.15) is 26.2 Å². The van der Waals surface area contributed by atoms with Gasteiger partial charge in [0.2, 0.25) is 0 Å². The first-order valence-electron chi connectivity index (χ1n) is 4.19. The summed E-state index contributed by atoms with van der Waals surface area (Å²) in [5.74, 6) is 0.324. The predicted molar refractivity (Wildman–Crippen MR) is 68.4 cm³/mol. The molecule has 14 heavy (non-hydrogen) atoms. The first kappa shape index (κ1) is 15.7. The second kappa shape index (κ2) is 7.14. The smallest absolute Gasteiger partial charge is 0.123 e. The van der Waals surface area contributed by atoms with Crippen LogP contribution in [0.15, 0.2) is 0 Å². The number of hydrogen-bond donors (Lipinski definition) is 0. The summed E-state index contributed by atoms with van der Waals surface area (Å²) in [4.78, 5) is -0.360. The average molecular weight is 321 g/mol. The van der Waals surface area contributed by atoms with Gasteiger partial charge in [0.15, 0.2) is 3.79 Å². The molecule has 0 aromatic carbocycles. The molecule has 0 aliphatic heterocycles. The Balaban J connectivity index is 3.76. The van der Waals surface area contributed by atoms with E-state index in [1.807, 2.05) is 6.92 Å². The summed E-state index contributed by atoms with van der Waals surface area (Å²) >= 11 is 34.1. The van der Waals surface area contributed by atoms with Crippen LogP contribution in [0.3, 0.4) is 0 Å². The third-order valence-electron chi connectivity index (χ3n) is 1.69. The first-order chi connectivity index (χ1) is 6.20. The summed E-state index contributed by atoms with van der Waals surface area (Å²) in [7, 11) is 0. The van der Waals surface area contributed by atoms with Gasteiger partial charge in [-0.25, -0.2) is 0 Å². The minimum atomic E-state index is -1.28. The molecule has 0 bridgehead atoms. The fourth-order valence-corrected chi connectivity index (χ4v) is 3.11. The molecule has 0 spiro atoms. The van der Waals surface area contributed by atoms with Gasteiger partial charge in [0.05, 0.1) is 0 Å². The Morgan fingerprint density at radius 1 is 1.00 bits per heavy atom. The highest BCUT2D eigenvalue weighted by molar-refractivity contribution is 6.67. The lowest BCUT2D eigenvalue weighted by Gasteiger charge is -2.19. The van der Waals surface area contributed by atoms with Crippen molar-refractivity contribution in [3.05, 3.63) is 0 Å². The SMILES string of the molecule is CC(CC(Cl)Cl)CC(Cl)CC(Cl)(Cl)Cl. The number of halogens is 6. The normalized spacial score (nSPS) is 17.1. The molecule has 0 aliphatic rings. The quantitative estimate of drug-likeness (QED) is 0.580. The largest absolute Gasteiger partial charge is 0.192 e. The lowest BCUT2D eigenvalue weighted by Crippen LogP contribution is -2.15. The Morgan fingerprint density at radius 2 is 1.50 bits per heavy atom. The Hall–Kier alpha value is 1.74. The molecular weight excluding hydrogens is 309 g/mol. The molecule has 0 amide bonds. The standard InChI is InChI=1S/C8H12Cl6/c1-5(3-7(10)11)2-6(9)4-8(12,13)14/h5-7H,2-4H2,1H3. The summed E-state index contributed by atoms with van der Waals surface area (Å²) in [5.41, 5.74) is 0. The maximum Gasteiger partial charge on any atom is 0.192 e. The molecule has 0 heterocycles. The Morgan fingerprint density at radius 3 is 1.86 bits per heavy atom. The van der Waals surface area contributed by atoms with Crippen LogP contribution < -0.4 is 0 Å². The van der Waals surface area contributed by atoms with E-state index in [0.717, 1.165) is 6.42 Å². The average Bonchev–Trinajstić information content (AvgIpc) is 1.77. The maximum atomic E-state index is 6.00. The van der Waals surface area contributed by atoms with Gasteiger partial charge in [-0.3, -0.25) is 0 Å². The van der Waals surface area contributed by atoms with E-state index in [-0.39, 0.29) is 10.2 Å². The Labute approximate surface area is 115 Å². The van der Waals surface area contributed by atoms with Crippen molar-refractivity contribution in [2.75, 3.05) is 0 Å². The molecule has 0 rings (SSSR count). The highest BCUT2D eigenvalue weighted by atomic mass is 35.6.